The molecule has 23 heavy (non-hydrogen) atoms. The summed E-state index contributed by atoms with van der Waals surface area (Å²) in [6.45, 7) is 6.32. The topological polar surface area (TPSA) is 68.9 Å². The number of aryl methyl sites for hydroxylation is 2. The number of aromatic nitrogens is 6. The standard InChI is InChI=1S/C14H17ClN6S2/c1-4-5-6-10-8(2)16-13-17-14(19-21(13)9(10)3)22-7-11-12(15)23-20-18-11/h4-7H2,1-3H3. The smallest absolute Gasteiger partial charge is 0.216 e. The SMILES string of the molecule is CCCCc1c(C)nc2nc(SCc3nnsc3Cl)nn2c1C. The van der Waals surface area contributed by atoms with Crippen LogP contribution in [0.25, 0.3) is 5.78 Å². The lowest BCUT2D eigenvalue weighted by Crippen LogP contribution is -2.05. The summed E-state index contributed by atoms with van der Waals surface area (Å²) in [5.74, 6) is 1.25. The van der Waals surface area contributed by atoms with Gasteiger partial charge in [-0.2, -0.15) is 4.98 Å². The van der Waals surface area contributed by atoms with Gasteiger partial charge in [-0.15, -0.1) is 10.2 Å². The maximum atomic E-state index is 6.02. The Labute approximate surface area is 147 Å². The van der Waals surface area contributed by atoms with Crippen molar-refractivity contribution in [1.29, 1.82) is 0 Å². The highest BCUT2D eigenvalue weighted by molar-refractivity contribution is 7.98. The van der Waals surface area contributed by atoms with Crippen LogP contribution in [0, 0.1) is 13.8 Å². The molecule has 0 bridgehead atoms. The summed E-state index contributed by atoms with van der Waals surface area (Å²) in [5, 5.41) is 9.25. The first kappa shape index (κ1) is 16.6. The quantitative estimate of drug-likeness (QED) is 0.615. The molecule has 3 rings (SSSR count). The van der Waals surface area contributed by atoms with Crippen LogP contribution in [0.1, 0.15) is 42.4 Å². The molecule has 122 valence electrons. The van der Waals surface area contributed by atoms with E-state index in [9.17, 15) is 0 Å². The lowest BCUT2D eigenvalue weighted by molar-refractivity contribution is 0.753. The van der Waals surface area contributed by atoms with Gasteiger partial charge in [0.05, 0.1) is 0 Å². The van der Waals surface area contributed by atoms with Gasteiger partial charge in [0.1, 0.15) is 10.0 Å². The van der Waals surface area contributed by atoms with Gasteiger partial charge in [-0.05, 0) is 32.3 Å². The molecule has 0 aliphatic carbocycles. The van der Waals surface area contributed by atoms with E-state index in [1.54, 1.807) is 0 Å². The lowest BCUT2D eigenvalue weighted by Gasteiger charge is -2.09. The molecule has 0 saturated heterocycles. The molecule has 3 heterocycles. The monoisotopic (exact) mass is 368 g/mol. The second-order valence-corrected chi connectivity index (χ2v) is 7.55. The highest BCUT2D eigenvalue weighted by atomic mass is 35.5. The third-order valence-corrected chi connectivity index (χ3v) is 5.49. The molecule has 6 nitrogen and oxygen atoms in total. The second-order valence-electron chi connectivity index (χ2n) is 5.25. The molecule has 0 aliphatic heterocycles. The largest absolute Gasteiger partial charge is 0.253 e. The molecule has 3 aromatic heterocycles. The van der Waals surface area contributed by atoms with Crippen LogP contribution in [-0.4, -0.2) is 29.2 Å². The van der Waals surface area contributed by atoms with Gasteiger partial charge in [-0.3, -0.25) is 0 Å². The van der Waals surface area contributed by atoms with Gasteiger partial charge in [-0.25, -0.2) is 9.50 Å². The maximum absolute atomic E-state index is 6.02. The molecular weight excluding hydrogens is 352 g/mol. The van der Waals surface area contributed by atoms with Crippen molar-refractivity contribution in [2.75, 3.05) is 0 Å². The van der Waals surface area contributed by atoms with Gasteiger partial charge in [0.15, 0.2) is 0 Å². The van der Waals surface area contributed by atoms with Crippen molar-refractivity contribution in [1.82, 2.24) is 29.2 Å². The molecule has 0 aromatic carbocycles. The number of rotatable bonds is 6. The van der Waals surface area contributed by atoms with E-state index < -0.39 is 0 Å². The Bertz CT molecular complexity index is 828. The zero-order chi connectivity index (χ0) is 16.4. The predicted octanol–water partition coefficient (Wildman–Crippen LogP) is 3.88. The Morgan fingerprint density at radius 2 is 2.09 bits per heavy atom. The van der Waals surface area contributed by atoms with Crippen LogP contribution in [0.3, 0.4) is 0 Å². The van der Waals surface area contributed by atoms with Gasteiger partial charge in [0.25, 0.3) is 5.78 Å². The van der Waals surface area contributed by atoms with Crippen molar-refractivity contribution in [3.8, 4) is 0 Å². The van der Waals surface area contributed by atoms with E-state index >= 15 is 0 Å². The van der Waals surface area contributed by atoms with Gasteiger partial charge in [0.2, 0.25) is 5.16 Å². The van der Waals surface area contributed by atoms with Crippen LogP contribution < -0.4 is 0 Å². The van der Waals surface area contributed by atoms with Gasteiger partial charge in [0, 0.05) is 28.7 Å². The van der Waals surface area contributed by atoms with Crippen molar-refractivity contribution in [3.63, 3.8) is 0 Å². The van der Waals surface area contributed by atoms with Crippen LogP contribution in [0.5, 0.6) is 0 Å². The number of nitrogens with zero attached hydrogens (tertiary/aromatic N) is 6. The fourth-order valence-electron chi connectivity index (χ4n) is 2.38. The van der Waals surface area contributed by atoms with Crippen molar-refractivity contribution in [3.05, 3.63) is 27.0 Å². The number of hydrogen-bond acceptors (Lipinski definition) is 7. The van der Waals surface area contributed by atoms with Crippen molar-refractivity contribution < 1.29 is 0 Å². The normalized spacial score (nSPS) is 11.5. The van der Waals surface area contributed by atoms with Gasteiger partial charge < -0.3 is 0 Å². The minimum atomic E-state index is 0.604. The highest BCUT2D eigenvalue weighted by Gasteiger charge is 2.14. The van der Waals surface area contributed by atoms with Crippen LogP contribution >= 0.6 is 34.9 Å². The first-order valence-electron chi connectivity index (χ1n) is 7.42. The first-order valence-corrected chi connectivity index (χ1v) is 9.56. The third kappa shape index (κ3) is 3.49. The molecule has 0 radical (unpaired) electrons. The molecule has 0 N–H and O–H groups in total. The summed E-state index contributed by atoms with van der Waals surface area (Å²) in [5.41, 5.74) is 4.20. The fourth-order valence-corrected chi connectivity index (χ4v) is 3.93. The fraction of sp³-hybridized carbons (Fsp3) is 0.500. The van der Waals surface area contributed by atoms with Crippen LogP contribution in [0.4, 0.5) is 0 Å². The molecule has 0 spiro atoms. The molecular formula is C14H17ClN6S2. The van der Waals surface area contributed by atoms with Crippen molar-refractivity contribution in [2.24, 2.45) is 0 Å². The maximum Gasteiger partial charge on any atom is 0.253 e. The van der Waals surface area contributed by atoms with Gasteiger partial charge in [-0.1, -0.05) is 41.2 Å². The molecule has 0 atom stereocenters. The number of thioether (sulfide) groups is 1. The number of halogens is 1. The predicted molar refractivity (Wildman–Crippen MR) is 93.3 cm³/mol. The van der Waals surface area contributed by atoms with Crippen molar-refractivity contribution in [2.45, 2.75) is 50.9 Å². The molecule has 0 amide bonds. The van der Waals surface area contributed by atoms with Crippen LogP contribution in [0.2, 0.25) is 4.34 Å². The summed E-state index contributed by atoms with van der Waals surface area (Å²) in [4.78, 5) is 9.10. The molecule has 3 aromatic rings. The Morgan fingerprint density at radius 3 is 2.78 bits per heavy atom. The minimum absolute atomic E-state index is 0.604. The molecule has 0 saturated carbocycles. The Hall–Kier alpha value is -1.25. The number of hydrogen-bond donors (Lipinski definition) is 0. The first-order chi connectivity index (χ1) is 11.1. The zero-order valence-corrected chi connectivity index (χ0v) is 15.6. The third-order valence-electron chi connectivity index (χ3n) is 3.66. The molecule has 0 unspecified atom stereocenters. The van der Waals surface area contributed by atoms with E-state index in [4.69, 9.17) is 11.6 Å². The highest BCUT2D eigenvalue weighted by Crippen LogP contribution is 2.26. The minimum Gasteiger partial charge on any atom is -0.216 e. The second kappa shape index (κ2) is 7.11. The number of fused-ring (bicyclic) bond motifs is 1. The molecule has 9 heteroatoms. The summed E-state index contributed by atoms with van der Waals surface area (Å²) >= 11 is 8.71. The van der Waals surface area contributed by atoms with Crippen LogP contribution in [0.15, 0.2) is 5.16 Å². The summed E-state index contributed by atoms with van der Waals surface area (Å²) in [6.07, 6.45) is 3.35. The van der Waals surface area contributed by atoms with E-state index in [0.29, 0.717) is 21.0 Å². The molecule has 0 aliphatic rings. The average Bonchev–Trinajstić information content (AvgIpc) is 3.11. The van der Waals surface area contributed by atoms with Gasteiger partial charge >= 0.3 is 0 Å². The zero-order valence-electron chi connectivity index (χ0n) is 13.2. The van der Waals surface area contributed by atoms with E-state index in [-0.39, 0.29) is 0 Å². The van der Waals surface area contributed by atoms with E-state index in [1.165, 1.54) is 28.9 Å². The van der Waals surface area contributed by atoms with Crippen LogP contribution in [-0.2, 0) is 12.2 Å². The van der Waals surface area contributed by atoms with E-state index in [1.807, 2.05) is 11.4 Å². The Morgan fingerprint density at radius 1 is 1.26 bits per heavy atom. The Kier molecular flexibility index (Phi) is 5.13. The Balaban J connectivity index is 1.86. The lowest BCUT2D eigenvalue weighted by atomic mass is 10.1. The van der Waals surface area contributed by atoms with E-state index in [2.05, 4.69) is 38.5 Å². The molecule has 0 fully saturated rings. The summed E-state index contributed by atoms with van der Waals surface area (Å²) in [7, 11) is 0. The van der Waals surface area contributed by atoms with E-state index in [0.717, 1.165) is 36.3 Å². The summed E-state index contributed by atoms with van der Waals surface area (Å²) < 4.78 is 6.28. The van der Waals surface area contributed by atoms with Crippen molar-refractivity contribution >= 4 is 40.7 Å². The average molecular weight is 369 g/mol. The number of unbranched alkanes of at least 4 members (excludes halogenated alkanes) is 1. The summed E-state index contributed by atoms with van der Waals surface area (Å²) in [6, 6.07) is 0.